The number of imidazole rings is 1. The molecular formula is C18H17N7OS. The molecule has 5 rings (SSSR count). The molecule has 136 valence electrons. The van der Waals surface area contributed by atoms with Gasteiger partial charge >= 0.3 is 0 Å². The van der Waals surface area contributed by atoms with Gasteiger partial charge in [0, 0.05) is 4.88 Å². The average Bonchev–Trinajstić information content (AvgIpc) is 3.40. The third-order valence-electron chi connectivity index (χ3n) is 4.79. The molecule has 0 atom stereocenters. The normalized spacial score (nSPS) is 13.2. The monoisotopic (exact) mass is 379 g/mol. The largest absolute Gasteiger partial charge is 0.345 e. The van der Waals surface area contributed by atoms with E-state index in [1.54, 1.807) is 16.0 Å². The molecule has 1 amide bonds. The van der Waals surface area contributed by atoms with Crippen LogP contribution in [0.4, 0.5) is 0 Å². The van der Waals surface area contributed by atoms with Crippen molar-refractivity contribution in [1.29, 1.82) is 0 Å². The van der Waals surface area contributed by atoms with Gasteiger partial charge in [-0.2, -0.15) is 4.68 Å². The minimum absolute atomic E-state index is 0.114. The Bertz CT molecular complexity index is 1140. The number of benzene rings is 1. The second-order valence-corrected chi connectivity index (χ2v) is 7.76. The Balaban J connectivity index is 1.42. The number of nitrogens with one attached hydrogen (secondary N) is 2. The van der Waals surface area contributed by atoms with Crippen LogP contribution in [0, 0.1) is 6.92 Å². The van der Waals surface area contributed by atoms with Gasteiger partial charge in [0.2, 0.25) is 0 Å². The molecule has 9 heteroatoms. The molecule has 8 nitrogen and oxygen atoms in total. The molecule has 0 radical (unpaired) electrons. The second-order valence-electron chi connectivity index (χ2n) is 6.68. The summed E-state index contributed by atoms with van der Waals surface area (Å²) in [6, 6.07) is 6.06. The fraction of sp³-hybridized carbons (Fsp3) is 0.278. The van der Waals surface area contributed by atoms with E-state index < -0.39 is 0 Å². The maximum atomic E-state index is 13.0. The van der Waals surface area contributed by atoms with Gasteiger partial charge in [0.15, 0.2) is 0 Å². The lowest BCUT2D eigenvalue weighted by molar-refractivity contribution is 0.0949. The Kier molecular flexibility index (Phi) is 3.75. The molecule has 0 saturated carbocycles. The highest BCUT2D eigenvalue weighted by atomic mass is 32.1. The summed E-state index contributed by atoms with van der Waals surface area (Å²) in [5.74, 6) is 0.622. The van der Waals surface area contributed by atoms with Crippen LogP contribution in [0.1, 0.15) is 38.6 Å². The van der Waals surface area contributed by atoms with Crippen LogP contribution in [-0.2, 0) is 19.4 Å². The van der Waals surface area contributed by atoms with Gasteiger partial charge in [-0.15, -0.1) is 16.4 Å². The quantitative estimate of drug-likeness (QED) is 0.567. The molecule has 4 aromatic rings. The van der Waals surface area contributed by atoms with E-state index in [9.17, 15) is 4.79 Å². The maximum Gasteiger partial charge on any atom is 0.255 e. The van der Waals surface area contributed by atoms with Gasteiger partial charge in [-0.25, -0.2) is 4.98 Å². The number of carbonyl (C=O) groups is 1. The van der Waals surface area contributed by atoms with E-state index in [-0.39, 0.29) is 5.91 Å². The van der Waals surface area contributed by atoms with E-state index in [4.69, 9.17) is 0 Å². The summed E-state index contributed by atoms with van der Waals surface area (Å²) in [4.78, 5) is 22.1. The van der Waals surface area contributed by atoms with E-state index in [2.05, 4.69) is 36.9 Å². The first-order valence-electron chi connectivity index (χ1n) is 8.80. The summed E-state index contributed by atoms with van der Waals surface area (Å²) >= 11 is 1.60. The van der Waals surface area contributed by atoms with Crippen molar-refractivity contribution >= 4 is 28.3 Å². The molecule has 0 saturated heterocycles. The molecular weight excluding hydrogens is 362 g/mol. The summed E-state index contributed by atoms with van der Waals surface area (Å²) in [5, 5.41) is 15.1. The lowest BCUT2D eigenvalue weighted by Gasteiger charge is -2.06. The van der Waals surface area contributed by atoms with Crippen LogP contribution in [0.25, 0.3) is 16.0 Å². The zero-order valence-corrected chi connectivity index (χ0v) is 15.5. The van der Waals surface area contributed by atoms with Crippen molar-refractivity contribution in [2.45, 2.75) is 32.7 Å². The lowest BCUT2D eigenvalue weighted by Crippen LogP contribution is -2.25. The summed E-state index contributed by atoms with van der Waals surface area (Å²) in [7, 11) is 0. The predicted molar refractivity (Wildman–Crippen MR) is 101 cm³/mol. The number of fused-ring (bicyclic) bond motifs is 2. The number of aromatic amines is 1. The van der Waals surface area contributed by atoms with Crippen LogP contribution in [0.15, 0.2) is 24.5 Å². The van der Waals surface area contributed by atoms with E-state index in [1.807, 2.05) is 19.1 Å². The number of aryl methyl sites for hydroxylation is 2. The number of rotatable bonds is 4. The third-order valence-corrected chi connectivity index (χ3v) is 6.07. The Morgan fingerprint density at radius 1 is 1.37 bits per heavy atom. The van der Waals surface area contributed by atoms with Gasteiger partial charge in [0.05, 0.1) is 23.1 Å². The van der Waals surface area contributed by atoms with E-state index in [0.717, 1.165) is 46.7 Å². The number of carbonyl (C=O) groups excluding carboxylic acids is 1. The number of thiophene rings is 1. The number of tetrazole rings is 1. The van der Waals surface area contributed by atoms with Gasteiger partial charge in [0.1, 0.15) is 17.2 Å². The Morgan fingerprint density at radius 3 is 3.15 bits per heavy atom. The summed E-state index contributed by atoms with van der Waals surface area (Å²) in [6.07, 6.45) is 4.53. The van der Waals surface area contributed by atoms with Crippen LogP contribution < -0.4 is 5.32 Å². The van der Waals surface area contributed by atoms with Crippen LogP contribution >= 0.6 is 11.3 Å². The standard InChI is InChI=1S/C18H17N7OS/c1-10-5-6-12-13(7-10)22-15(21-12)8-19-17(26)16-11-3-2-4-14(11)27-18(16)25-9-20-23-24-25/h5-7,9H,2-4,8H2,1H3,(H,19,26)(H,21,22). The highest BCUT2D eigenvalue weighted by molar-refractivity contribution is 7.15. The zero-order valence-electron chi connectivity index (χ0n) is 14.7. The zero-order chi connectivity index (χ0) is 18.4. The van der Waals surface area contributed by atoms with Crippen molar-refractivity contribution in [2.75, 3.05) is 0 Å². The molecule has 2 N–H and O–H groups in total. The van der Waals surface area contributed by atoms with Crippen molar-refractivity contribution in [2.24, 2.45) is 0 Å². The Labute approximate surface area is 158 Å². The first-order chi connectivity index (χ1) is 13.2. The summed E-state index contributed by atoms with van der Waals surface area (Å²) < 4.78 is 1.57. The molecule has 27 heavy (non-hydrogen) atoms. The van der Waals surface area contributed by atoms with Gasteiger partial charge in [-0.05, 0) is 59.9 Å². The molecule has 3 aromatic heterocycles. The molecule has 0 aliphatic heterocycles. The minimum atomic E-state index is -0.114. The molecule has 0 fully saturated rings. The molecule has 1 aromatic carbocycles. The fourth-order valence-corrected chi connectivity index (χ4v) is 4.85. The molecule has 0 bridgehead atoms. The van der Waals surface area contributed by atoms with Crippen LogP contribution in [-0.4, -0.2) is 36.1 Å². The number of nitrogens with zero attached hydrogens (tertiary/aromatic N) is 5. The average molecular weight is 379 g/mol. The number of H-pyrrole nitrogens is 1. The first-order valence-corrected chi connectivity index (χ1v) is 9.62. The van der Waals surface area contributed by atoms with Crippen molar-refractivity contribution < 1.29 is 4.79 Å². The predicted octanol–water partition coefficient (Wildman–Crippen LogP) is 2.33. The summed E-state index contributed by atoms with van der Waals surface area (Å²) in [5.41, 5.74) is 4.86. The van der Waals surface area contributed by atoms with Crippen molar-refractivity contribution in [1.82, 2.24) is 35.5 Å². The Hall–Kier alpha value is -3.07. The van der Waals surface area contributed by atoms with Crippen molar-refractivity contribution in [3.05, 3.63) is 51.9 Å². The smallest absolute Gasteiger partial charge is 0.255 e. The highest BCUT2D eigenvalue weighted by Gasteiger charge is 2.28. The van der Waals surface area contributed by atoms with E-state index in [0.29, 0.717) is 12.1 Å². The molecule has 1 aliphatic rings. The van der Waals surface area contributed by atoms with Crippen LogP contribution in [0.5, 0.6) is 0 Å². The lowest BCUT2D eigenvalue weighted by atomic mass is 10.1. The minimum Gasteiger partial charge on any atom is -0.345 e. The fourth-order valence-electron chi connectivity index (χ4n) is 3.55. The van der Waals surface area contributed by atoms with E-state index in [1.165, 1.54) is 16.8 Å². The van der Waals surface area contributed by atoms with Gasteiger partial charge in [-0.1, -0.05) is 6.07 Å². The Morgan fingerprint density at radius 2 is 2.30 bits per heavy atom. The van der Waals surface area contributed by atoms with Gasteiger partial charge < -0.3 is 10.3 Å². The van der Waals surface area contributed by atoms with E-state index >= 15 is 0 Å². The van der Waals surface area contributed by atoms with Gasteiger partial charge in [0.25, 0.3) is 5.91 Å². The number of hydrogen-bond donors (Lipinski definition) is 2. The first kappa shape index (κ1) is 16.1. The molecule has 0 spiro atoms. The highest BCUT2D eigenvalue weighted by Crippen LogP contribution is 2.37. The van der Waals surface area contributed by atoms with Gasteiger partial charge in [-0.3, -0.25) is 4.79 Å². The van der Waals surface area contributed by atoms with Crippen molar-refractivity contribution in [3.8, 4) is 5.00 Å². The van der Waals surface area contributed by atoms with Crippen LogP contribution in [0.3, 0.4) is 0 Å². The summed E-state index contributed by atoms with van der Waals surface area (Å²) in [6.45, 7) is 2.38. The van der Waals surface area contributed by atoms with Crippen molar-refractivity contribution in [3.63, 3.8) is 0 Å². The molecule has 3 heterocycles. The number of amides is 1. The molecule has 0 unspecified atom stereocenters. The third kappa shape index (κ3) is 2.80. The SMILES string of the molecule is Cc1ccc2nc(CNC(=O)c3c(-n4cnnn4)sc4c3CCC4)[nH]c2c1. The molecule has 1 aliphatic carbocycles. The number of aromatic nitrogens is 6. The second kappa shape index (κ2) is 6.27. The topological polar surface area (TPSA) is 101 Å². The van der Waals surface area contributed by atoms with Crippen LogP contribution in [0.2, 0.25) is 0 Å². The number of hydrogen-bond acceptors (Lipinski definition) is 6. The maximum absolute atomic E-state index is 13.0.